The van der Waals surface area contributed by atoms with Crippen molar-refractivity contribution in [2.24, 2.45) is 0 Å². The number of carboxylic acid groups (broad SMARTS) is 2. The maximum absolute atomic E-state index is 11.2. The number of carbonyl (C=O) groups excluding carboxylic acids is 1. The van der Waals surface area contributed by atoms with E-state index in [0.717, 1.165) is 13.1 Å². The molecule has 8 heteroatoms. The van der Waals surface area contributed by atoms with Gasteiger partial charge < -0.3 is 24.5 Å². The quantitative estimate of drug-likeness (QED) is 0.386. The summed E-state index contributed by atoms with van der Waals surface area (Å²) in [4.78, 5) is 31.6. The lowest BCUT2D eigenvalue weighted by Crippen LogP contribution is -2.46. The van der Waals surface area contributed by atoms with Gasteiger partial charge in [-0.25, -0.2) is 4.79 Å². The number of hydrogen-bond acceptors (Lipinski definition) is 3. The summed E-state index contributed by atoms with van der Waals surface area (Å²) in [5, 5.41) is 19.5. The van der Waals surface area contributed by atoms with Crippen LogP contribution >= 0.6 is 0 Å². The SMILES string of the molecule is C=C(C)C(=O)NCC[N+](C)(C)CCCC(=O)O.C[N+](C)(C)CC(=O)O. The fraction of sp³-hybridized carbons (Fsp3) is 0.706. The van der Waals surface area contributed by atoms with Crippen molar-refractivity contribution in [1.29, 1.82) is 0 Å². The molecule has 0 aliphatic carbocycles. The van der Waals surface area contributed by atoms with E-state index in [2.05, 4.69) is 11.9 Å². The molecule has 0 rings (SSSR count). The van der Waals surface area contributed by atoms with E-state index in [1.165, 1.54) is 0 Å². The summed E-state index contributed by atoms with van der Waals surface area (Å²) in [5.41, 5.74) is 0.501. The molecule has 0 saturated carbocycles. The van der Waals surface area contributed by atoms with Crippen LogP contribution in [0.2, 0.25) is 0 Å². The van der Waals surface area contributed by atoms with Crippen LogP contribution in [0.4, 0.5) is 0 Å². The Morgan fingerprint density at radius 2 is 1.48 bits per heavy atom. The van der Waals surface area contributed by atoms with Gasteiger partial charge in [0.05, 0.1) is 61.3 Å². The van der Waals surface area contributed by atoms with Crippen LogP contribution < -0.4 is 5.32 Å². The predicted molar refractivity (Wildman–Crippen MR) is 97.1 cm³/mol. The van der Waals surface area contributed by atoms with E-state index in [9.17, 15) is 14.4 Å². The highest BCUT2D eigenvalue weighted by Gasteiger charge is 2.15. The zero-order chi connectivity index (χ0) is 20.3. The van der Waals surface area contributed by atoms with Crippen LogP contribution in [0.3, 0.4) is 0 Å². The minimum absolute atomic E-state index is 0.129. The van der Waals surface area contributed by atoms with Crippen molar-refractivity contribution in [3.63, 3.8) is 0 Å². The van der Waals surface area contributed by atoms with Crippen molar-refractivity contribution in [2.75, 3.05) is 61.4 Å². The maximum Gasteiger partial charge on any atom is 0.359 e. The van der Waals surface area contributed by atoms with Gasteiger partial charge in [0.1, 0.15) is 0 Å². The van der Waals surface area contributed by atoms with E-state index < -0.39 is 11.9 Å². The number of amides is 1. The second kappa shape index (κ2) is 11.6. The highest BCUT2D eigenvalue weighted by Crippen LogP contribution is 2.01. The summed E-state index contributed by atoms with van der Waals surface area (Å²) < 4.78 is 1.18. The third-order valence-corrected chi connectivity index (χ3v) is 3.15. The predicted octanol–water partition coefficient (Wildman–Crippen LogP) is 0.397. The number of carbonyl (C=O) groups is 3. The minimum Gasteiger partial charge on any atom is -0.481 e. The van der Waals surface area contributed by atoms with Gasteiger partial charge in [0, 0.05) is 12.0 Å². The van der Waals surface area contributed by atoms with Crippen LogP contribution in [0, 0.1) is 0 Å². The molecule has 146 valence electrons. The van der Waals surface area contributed by atoms with Gasteiger partial charge in [-0.3, -0.25) is 9.59 Å². The maximum atomic E-state index is 11.2. The zero-order valence-electron chi connectivity index (χ0n) is 16.5. The first-order chi connectivity index (χ1) is 11.2. The standard InChI is InChI=1S/C12H22N2O3.C5H11NO2/c1-10(2)12(17)13-7-9-14(3,4)8-5-6-11(15)16;1-6(2,3)4-5(7)8/h1,5-9H2,2-4H3,(H-,13,15,16,17);4H2,1-3H3/p+2. The average Bonchev–Trinajstić information content (AvgIpc) is 2.34. The van der Waals surface area contributed by atoms with E-state index in [4.69, 9.17) is 10.2 Å². The minimum atomic E-state index is -0.763. The number of nitrogens with zero attached hydrogens (tertiary/aromatic N) is 2. The molecule has 0 saturated heterocycles. The van der Waals surface area contributed by atoms with E-state index in [0.29, 0.717) is 27.5 Å². The summed E-state index contributed by atoms with van der Waals surface area (Å²) in [7, 11) is 9.57. The van der Waals surface area contributed by atoms with E-state index >= 15 is 0 Å². The van der Waals surface area contributed by atoms with Crippen LogP contribution in [0.1, 0.15) is 19.8 Å². The molecule has 0 aliphatic rings. The molecule has 0 aromatic heterocycles. The summed E-state index contributed by atoms with van der Waals surface area (Å²) >= 11 is 0. The second-order valence-corrected chi connectivity index (χ2v) is 7.76. The third-order valence-electron chi connectivity index (χ3n) is 3.15. The number of hydrogen-bond donors (Lipinski definition) is 3. The van der Waals surface area contributed by atoms with Crippen molar-refractivity contribution in [3.05, 3.63) is 12.2 Å². The Labute approximate surface area is 150 Å². The lowest BCUT2D eigenvalue weighted by atomic mass is 10.2. The summed E-state index contributed by atoms with van der Waals surface area (Å²) in [6, 6.07) is 0. The normalized spacial score (nSPS) is 11.1. The van der Waals surface area contributed by atoms with E-state index in [1.807, 2.05) is 35.2 Å². The Bertz CT molecular complexity index is 467. The topological polar surface area (TPSA) is 104 Å². The Morgan fingerprint density at radius 3 is 1.80 bits per heavy atom. The number of nitrogens with one attached hydrogen (secondary N) is 1. The van der Waals surface area contributed by atoms with Gasteiger partial charge in [0.25, 0.3) is 0 Å². The van der Waals surface area contributed by atoms with Crippen molar-refractivity contribution in [2.45, 2.75) is 19.8 Å². The van der Waals surface area contributed by atoms with Gasteiger partial charge in [0.2, 0.25) is 5.91 Å². The van der Waals surface area contributed by atoms with Crippen LogP contribution in [0.25, 0.3) is 0 Å². The number of rotatable bonds is 10. The molecule has 0 atom stereocenters. The largest absolute Gasteiger partial charge is 0.481 e. The molecule has 0 aromatic rings. The fourth-order valence-electron chi connectivity index (χ4n) is 1.80. The smallest absolute Gasteiger partial charge is 0.359 e. The summed E-state index contributed by atoms with van der Waals surface area (Å²) in [5.74, 6) is -1.64. The number of carboxylic acids is 2. The lowest BCUT2D eigenvalue weighted by molar-refractivity contribution is -0.889. The summed E-state index contributed by atoms with van der Waals surface area (Å²) in [6.07, 6.45) is 0.844. The molecular formula is C17H35N3O5+2. The third kappa shape index (κ3) is 20.0. The van der Waals surface area contributed by atoms with E-state index in [1.54, 1.807) is 6.92 Å². The van der Waals surface area contributed by atoms with Crippen molar-refractivity contribution in [1.82, 2.24) is 5.32 Å². The van der Waals surface area contributed by atoms with Crippen molar-refractivity contribution >= 4 is 17.8 Å². The van der Waals surface area contributed by atoms with Gasteiger partial charge in [-0.05, 0) is 6.92 Å². The first-order valence-electron chi connectivity index (χ1n) is 8.16. The Morgan fingerprint density at radius 1 is 0.960 bits per heavy atom. The molecular weight excluding hydrogens is 326 g/mol. The Balaban J connectivity index is 0. The first kappa shape index (κ1) is 25.3. The number of likely N-dealkylation sites (N-methyl/N-ethyl adjacent to an activating group) is 2. The first-order valence-corrected chi connectivity index (χ1v) is 8.16. The monoisotopic (exact) mass is 361 g/mol. The highest BCUT2D eigenvalue weighted by atomic mass is 16.4. The fourth-order valence-corrected chi connectivity index (χ4v) is 1.80. The molecule has 1 amide bonds. The molecule has 25 heavy (non-hydrogen) atoms. The van der Waals surface area contributed by atoms with Gasteiger partial charge in [-0.15, -0.1) is 0 Å². The van der Waals surface area contributed by atoms with Gasteiger partial charge in [-0.1, -0.05) is 6.58 Å². The molecule has 8 nitrogen and oxygen atoms in total. The van der Waals surface area contributed by atoms with Crippen molar-refractivity contribution < 1.29 is 33.6 Å². The summed E-state index contributed by atoms with van der Waals surface area (Å²) in [6.45, 7) is 7.54. The van der Waals surface area contributed by atoms with Crippen molar-refractivity contribution in [3.8, 4) is 0 Å². The average molecular weight is 361 g/mol. The Kier molecular flexibility index (Phi) is 11.7. The molecule has 0 heterocycles. The molecule has 3 N–H and O–H groups in total. The van der Waals surface area contributed by atoms with Gasteiger partial charge in [0.15, 0.2) is 6.54 Å². The zero-order valence-corrected chi connectivity index (χ0v) is 16.5. The van der Waals surface area contributed by atoms with E-state index in [-0.39, 0.29) is 18.9 Å². The van der Waals surface area contributed by atoms with Crippen LogP contribution in [-0.2, 0) is 14.4 Å². The highest BCUT2D eigenvalue weighted by molar-refractivity contribution is 5.92. The van der Waals surface area contributed by atoms with Gasteiger partial charge in [-0.2, -0.15) is 0 Å². The molecule has 0 unspecified atom stereocenters. The second-order valence-electron chi connectivity index (χ2n) is 7.76. The van der Waals surface area contributed by atoms with Crippen LogP contribution in [0.15, 0.2) is 12.2 Å². The van der Waals surface area contributed by atoms with Crippen LogP contribution in [-0.4, -0.2) is 98.4 Å². The molecule has 0 radical (unpaired) electrons. The Hall–Kier alpha value is -1.93. The molecule has 0 aliphatic heterocycles. The number of aliphatic carboxylic acids is 2. The molecule has 0 bridgehead atoms. The van der Waals surface area contributed by atoms with Crippen LogP contribution in [0.5, 0.6) is 0 Å². The molecule has 0 spiro atoms. The lowest BCUT2D eigenvalue weighted by Gasteiger charge is -2.29. The number of quaternary nitrogens is 2. The molecule has 0 aromatic carbocycles. The van der Waals surface area contributed by atoms with Gasteiger partial charge >= 0.3 is 11.9 Å². The molecule has 0 fully saturated rings.